The first-order chi connectivity index (χ1) is 15.6. The minimum Gasteiger partial charge on any atom is -0.472 e. The van der Waals surface area contributed by atoms with Crippen molar-refractivity contribution in [3.05, 3.63) is 46.2 Å². The van der Waals surface area contributed by atoms with Crippen LogP contribution in [0.15, 0.2) is 29.1 Å². The zero-order chi connectivity index (χ0) is 22.3. The van der Waals surface area contributed by atoms with E-state index in [9.17, 15) is 14.9 Å². The highest BCUT2D eigenvalue weighted by Gasteiger charge is 2.27. The summed E-state index contributed by atoms with van der Waals surface area (Å²) in [6, 6.07) is 3.99. The minimum absolute atomic E-state index is 0.0819. The van der Waals surface area contributed by atoms with Gasteiger partial charge in [0.15, 0.2) is 0 Å². The van der Waals surface area contributed by atoms with Crippen LogP contribution in [0, 0.1) is 17.2 Å². The normalized spacial score (nSPS) is 20.0. The summed E-state index contributed by atoms with van der Waals surface area (Å²) in [6.45, 7) is 1.55. The number of nitriles is 1. The maximum absolute atomic E-state index is 12.3. The molecule has 2 atom stereocenters. The second-order valence-corrected chi connectivity index (χ2v) is 9.03. The largest absolute Gasteiger partial charge is 0.472 e. The molecular weight excluding hydrogens is 430 g/mol. The average Bonchev–Trinajstić information content (AvgIpc) is 3.55. The first kappa shape index (κ1) is 22.1. The molecule has 0 saturated carbocycles. The van der Waals surface area contributed by atoms with E-state index >= 15 is 0 Å². The molecule has 0 bridgehead atoms. The van der Waals surface area contributed by atoms with Crippen molar-refractivity contribution < 1.29 is 23.5 Å². The Balaban J connectivity index is 1.30. The second-order valence-electron chi connectivity index (χ2n) is 7.92. The summed E-state index contributed by atoms with van der Waals surface area (Å²) in [5.74, 6) is -0.116. The number of fused-ring (bicyclic) bond motifs is 1. The Morgan fingerprint density at radius 2 is 2.28 bits per heavy atom. The van der Waals surface area contributed by atoms with E-state index in [4.69, 9.17) is 13.9 Å². The molecule has 1 saturated heterocycles. The summed E-state index contributed by atoms with van der Waals surface area (Å²) in [5.41, 5.74) is 2.31. The van der Waals surface area contributed by atoms with Crippen LogP contribution in [-0.2, 0) is 27.1 Å². The number of alkyl carbamates (subject to hydrolysis) is 1. The van der Waals surface area contributed by atoms with Gasteiger partial charge < -0.3 is 24.5 Å². The van der Waals surface area contributed by atoms with Crippen LogP contribution in [0.1, 0.15) is 40.8 Å². The molecule has 9 heteroatoms. The molecule has 2 aromatic rings. The quantitative estimate of drug-likeness (QED) is 0.613. The fourth-order valence-electron chi connectivity index (χ4n) is 3.95. The topological polar surface area (TPSA) is 114 Å². The van der Waals surface area contributed by atoms with E-state index in [1.165, 1.54) is 23.7 Å². The molecule has 4 rings (SSSR count). The molecule has 1 fully saturated rings. The Labute approximate surface area is 190 Å². The Morgan fingerprint density at radius 1 is 1.38 bits per heavy atom. The Morgan fingerprint density at radius 3 is 3.03 bits per heavy atom. The number of carbonyl (C=O) groups is 2. The van der Waals surface area contributed by atoms with Crippen LogP contribution in [-0.4, -0.2) is 37.9 Å². The van der Waals surface area contributed by atoms with Crippen molar-refractivity contribution in [3.8, 4) is 6.07 Å². The van der Waals surface area contributed by atoms with E-state index in [0.717, 1.165) is 48.3 Å². The number of hydrogen-bond acceptors (Lipinski definition) is 7. The van der Waals surface area contributed by atoms with Gasteiger partial charge in [-0.05, 0) is 55.7 Å². The number of anilines is 1. The average molecular weight is 456 g/mol. The molecule has 2 aliphatic rings. The standard InChI is InChI=1S/C23H25N3O5S/c24-11-19-18-5-3-16(14-31-23(28)25-12-17-2-1-8-30-17)10-20(18)32-22(19)26-21(27)6-4-15-7-9-29-13-15/h4,6-7,9,13,16-17H,1-3,5,8,10,12,14H2,(H,25,28)(H,26,27)/b6-4+. The minimum atomic E-state index is -0.424. The van der Waals surface area contributed by atoms with Crippen LogP contribution in [0.2, 0.25) is 0 Å². The predicted octanol–water partition coefficient (Wildman–Crippen LogP) is 3.87. The van der Waals surface area contributed by atoms with Crippen molar-refractivity contribution in [1.82, 2.24) is 5.32 Å². The Bertz CT molecular complexity index is 1020. The van der Waals surface area contributed by atoms with Gasteiger partial charge in [-0.1, -0.05) is 0 Å². The SMILES string of the molecule is N#Cc1c(NC(=O)/C=C/c2ccoc2)sc2c1CCC(COC(=O)NCC1CCCO1)C2. The molecule has 2 unspecified atom stereocenters. The molecule has 2 amide bonds. The summed E-state index contributed by atoms with van der Waals surface area (Å²) in [5, 5.41) is 15.8. The van der Waals surface area contributed by atoms with Gasteiger partial charge in [0.1, 0.15) is 11.1 Å². The maximum Gasteiger partial charge on any atom is 0.407 e. The fourth-order valence-corrected chi connectivity index (χ4v) is 5.26. The zero-order valence-corrected chi connectivity index (χ0v) is 18.4. The van der Waals surface area contributed by atoms with E-state index in [1.807, 2.05) is 0 Å². The fraction of sp³-hybridized carbons (Fsp3) is 0.435. The van der Waals surface area contributed by atoms with Gasteiger partial charge in [0.25, 0.3) is 0 Å². The summed E-state index contributed by atoms with van der Waals surface area (Å²) >= 11 is 1.42. The zero-order valence-electron chi connectivity index (χ0n) is 17.6. The molecule has 0 aromatic carbocycles. The van der Waals surface area contributed by atoms with Gasteiger partial charge in [0, 0.05) is 29.7 Å². The van der Waals surface area contributed by atoms with Crippen molar-refractivity contribution in [3.63, 3.8) is 0 Å². The number of ether oxygens (including phenoxy) is 2. The smallest absolute Gasteiger partial charge is 0.407 e. The van der Waals surface area contributed by atoms with Crippen molar-refractivity contribution in [2.45, 2.75) is 38.2 Å². The number of hydrogen-bond donors (Lipinski definition) is 2. The van der Waals surface area contributed by atoms with E-state index < -0.39 is 6.09 Å². The molecule has 2 aromatic heterocycles. The number of nitrogens with zero attached hydrogens (tertiary/aromatic N) is 1. The van der Waals surface area contributed by atoms with Crippen molar-refractivity contribution in [2.24, 2.45) is 5.92 Å². The lowest BCUT2D eigenvalue weighted by Crippen LogP contribution is -2.33. The van der Waals surface area contributed by atoms with Gasteiger partial charge in [-0.15, -0.1) is 11.3 Å². The third-order valence-electron chi connectivity index (χ3n) is 5.63. The molecule has 1 aliphatic heterocycles. The number of carbonyl (C=O) groups excluding carboxylic acids is 2. The van der Waals surface area contributed by atoms with Crippen LogP contribution in [0.25, 0.3) is 6.08 Å². The van der Waals surface area contributed by atoms with Gasteiger partial charge in [0.2, 0.25) is 5.91 Å². The molecule has 8 nitrogen and oxygen atoms in total. The van der Waals surface area contributed by atoms with Gasteiger partial charge in [-0.25, -0.2) is 4.79 Å². The van der Waals surface area contributed by atoms with Crippen molar-refractivity contribution in [2.75, 3.05) is 25.1 Å². The first-order valence-corrected chi connectivity index (χ1v) is 11.5. The molecule has 2 N–H and O–H groups in total. The van der Waals surface area contributed by atoms with Gasteiger partial charge in [-0.2, -0.15) is 5.26 Å². The number of thiophene rings is 1. The molecule has 0 spiro atoms. The lowest BCUT2D eigenvalue weighted by Gasteiger charge is -2.22. The summed E-state index contributed by atoms with van der Waals surface area (Å²) in [4.78, 5) is 25.3. The highest BCUT2D eigenvalue weighted by atomic mass is 32.1. The third-order valence-corrected chi connectivity index (χ3v) is 6.80. The lowest BCUT2D eigenvalue weighted by molar-refractivity contribution is -0.111. The molecule has 32 heavy (non-hydrogen) atoms. The molecule has 168 valence electrons. The van der Waals surface area contributed by atoms with Gasteiger partial charge >= 0.3 is 6.09 Å². The molecule has 3 heterocycles. The second kappa shape index (κ2) is 10.5. The van der Waals surface area contributed by atoms with Crippen LogP contribution >= 0.6 is 11.3 Å². The van der Waals surface area contributed by atoms with Gasteiger partial charge in [0.05, 0.1) is 30.8 Å². The molecule has 0 radical (unpaired) electrons. The van der Waals surface area contributed by atoms with E-state index in [-0.39, 0.29) is 17.9 Å². The number of amides is 2. The van der Waals surface area contributed by atoms with Crippen LogP contribution in [0.3, 0.4) is 0 Å². The van der Waals surface area contributed by atoms with Crippen LogP contribution < -0.4 is 10.6 Å². The lowest BCUT2D eigenvalue weighted by atomic mass is 9.88. The highest BCUT2D eigenvalue weighted by Crippen LogP contribution is 2.39. The van der Waals surface area contributed by atoms with E-state index in [1.54, 1.807) is 18.4 Å². The highest BCUT2D eigenvalue weighted by molar-refractivity contribution is 7.16. The first-order valence-electron chi connectivity index (χ1n) is 10.7. The van der Waals surface area contributed by atoms with Crippen molar-refractivity contribution >= 4 is 34.4 Å². The summed E-state index contributed by atoms with van der Waals surface area (Å²) < 4.78 is 15.9. The number of nitrogens with one attached hydrogen (secondary N) is 2. The van der Waals surface area contributed by atoms with Gasteiger partial charge in [-0.3, -0.25) is 4.79 Å². The monoisotopic (exact) mass is 455 g/mol. The summed E-state index contributed by atoms with van der Waals surface area (Å²) in [7, 11) is 0. The summed E-state index contributed by atoms with van der Waals surface area (Å²) in [6.07, 6.45) is 10.0. The van der Waals surface area contributed by atoms with E-state index in [0.29, 0.717) is 30.1 Å². The maximum atomic E-state index is 12.3. The Kier molecular flexibility index (Phi) is 7.24. The number of furan rings is 1. The van der Waals surface area contributed by atoms with Crippen LogP contribution in [0.5, 0.6) is 0 Å². The predicted molar refractivity (Wildman–Crippen MR) is 119 cm³/mol. The molecule has 1 aliphatic carbocycles. The Hall–Kier alpha value is -3.09. The third kappa shape index (κ3) is 5.58. The molecular formula is C23H25N3O5S. The van der Waals surface area contributed by atoms with E-state index in [2.05, 4.69) is 16.7 Å². The van der Waals surface area contributed by atoms with Crippen molar-refractivity contribution in [1.29, 1.82) is 5.26 Å². The number of rotatable bonds is 7. The van der Waals surface area contributed by atoms with Crippen LogP contribution in [0.4, 0.5) is 9.80 Å².